The summed E-state index contributed by atoms with van der Waals surface area (Å²) in [7, 11) is 0. The van der Waals surface area contributed by atoms with E-state index in [-0.39, 0.29) is 17.4 Å². The second-order valence-electron chi connectivity index (χ2n) is 7.10. The predicted molar refractivity (Wildman–Crippen MR) is 76.1 cm³/mol. The number of aliphatic carboxylic acids is 1. The lowest BCUT2D eigenvalue weighted by molar-refractivity contribution is -0.153. The Kier molecular flexibility index (Phi) is 4.09. The van der Waals surface area contributed by atoms with Crippen LogP contribution in [0.25, 0.3) is 0 Å². The van der Waals surface area contributed by atoms with E-state index in [0.717, 1.165) is 38.6 Å². The normalized spacial score (nSPS) is 25.9. The average molecular weight is 282 g/mol. The molecule has 1 amide bonds. The van der Waals surface area contributed by atoms with Crippen LogP contribution in [0.5, 0.6) is 0 Å². The van der Waals surface area contributed by atoms with Crippen LogP contribution in [0.15, 0.2) is 0 Å². The van der Waals surface area contributed by atoms with Gasteiger partial charge in [-0.1, -0.05) is 0 Å². The fraction of sp³-hybridized carbons (Fsp3) is 0.867. The van der Waals surface area contributed by atoms with Crippen molar-refractivity contribution in [1.29, 1.82) is 0 Å². The van der Waals surface area contributed by atoms with Crippen molar-refractivity contribution in [3.63, 3.8) is 0 Å². The van der Waals surface area contributed by atoms with E-state index in [4.69, 9.17) is 5.73 Å². The molecule has 5 heteroatoms. The molecular formula is C15H26N2O3. The number of carbonyl (C=O) groups is 2. The van der Waals surface area contributed by atoms with E-state index in [1.165, 1.54) is 0 Å². The summed E-state index contributed by atoms with van der Waals surface area (Å²) in [6.07, 6.45) is 5.13. The fourth-order valence-electron chi connectivity index (χ4n) is 3.19. The van der Waals surface area contributed by atoms with Gasteiger partial charge in [-0.2, -0.15) is 0 Å². The zero-order valence-corrected chi connectivity index (χ0v) is 12.5. The van der Waals surface area contributed by atoms with Gasteiger partial charge < -0.3 is 15.7 Å². The van der Waals surface area contributed by atoms with E-state index in [0.29, 0.717) is 13.0 Å². The molecule has 1 aliphatic heterocycles. The molecule has 1 atom stereocenters. The zero-order valence-electron chi connectivity index (χ0n) is 12.5. The van der Waals surface area contributed by atoms with Crippen molar-refractivity contribution < 1.29 is 14.7 Å². The number of carbonyl (C=O) groups excluding carboxylic acids is 1. The molecule has 0 aromatic heterocycles. The van der Waals surface area contributed by atoms with Gasteiger partial charge in [-0.05, 0) is 51.9 Å². The second-order valence-corrected chi connectivity index (χ2v) is 7.10. The Balaban J connectivity index is 1.96. The number of hydrogen-bond acceptors (Lipinski definition) is 3. The largest absolute Gasteiger partial charge is 0.481 e. The zero-order chi connectivity index (χ0) is 15.0. The molecule has 3 N–H and O–H groups in total. The molecule has 114 valence electrons. The van der Waals surface area contributed by atoms with Crippen LogP contribution in [0.3, 0.4) is 0 Å². The Labute approximate surface area is 120 Å². The van der Waals surface area contributed by atoms with Crippen molar-refractivity contribution in [3.8, 4) is 0 Å². The van der Waals surface area contributed by atoms with Gasteiger partial charge in [0, 0.05) is 25.0 Å². The number of nitrogens with zero attached hydrogens (tertiary/aromatic N) is 1. The van der Waals surface area contributed by atoms with Crippen LogP contribution in [0.4, 0.5) is 0 Å². The van der Waals surface area contributed by atoms with Crippen LogP contribution in [-0.2, 0) is 9.59 Å². The van der Waals surface area contributed by atoms with Crippen LogP contribution >= 0.6 is 0 Å². The summed E-state index contributed by atoms with van der Waals surface area (Å²) in [6, 6.07) is 0. The number of amides is 1. The Bertz CT molecular complexity index is 402. The van der Waals surface area contributed by atoms with Gasteiger partial charge in [0.25, 0.3) is 0 Å². The van der Waals surface area contributed by atoms with Crippen molar-refractivity contribution >= 4 is 11.9 Å². The molecule has 1 aliphatic carbocycles. The van der Waals surface area contributed by atoms with Crippen LogP contribution in [0.2, 0.25) is 0 Å². The quantitative estimate of drug-likeness (QED) is 0.820. The third-order valence-electron chi connectivity index (χ3n) is 5.20. The second kappa shape index (κ2) is 5.35. The van der Waals surface area contributed by atoms with Crippen molar-refractivity contribution in [2.45, 2.75) is 57.9 Å². The summed E-state index contributed by atoms with van der Waals surface area (Å²) in [5.41, 5.74) is 5.06. The number of nitrogens with two attached hydrogens (primary N) is 1. The first kappa shape index (κ1) is 15.3. The number of likely N-dealkylation sites (tertiary alicyclic amines) is 1. The molecule has 2 fully saturated rings. The molecular weight excluding hydrogens is 256 g/mol. The molecule has 5 nitrogen and oxygen atoms in total. The minimum absolute atomic E-state index is 0.0211. The first-order valence-electron chi connectivity index (χ1n) is 7.55. The smallest absolute Gasteiger partial charge is 0.309 e. The molecule has 0 spiro atoms. The summed E-state index contributed by atoms with van der Waals surface area (Å²) in [5.74, 6) is -0.669. The van der Waals surface area contributed by atoms with Crippen molar-refractivity contribution in [3.05, 3.63) is 0 Å². The van der Waals surface area contributed by atoms with Gasteiger partial charge in [0.1, 0.15) is 0 Å². The Morgan fingerprint density at radius 1 is 1.35 bits per heavy atom. The van der Waals surface area contributed by atoms with Crippen LogP contribution in [0.1, 0.15) is 52.4 Å². The number of rotatable bonds is 4. The highest BCUT2D eigenvalue weighted by Gasteiger charge is 2.41. The van der Waals surface area contributed by atoms with E-state index in [9.17, 15) is 14.7 Å². The number of carboxylic acid groups (broad SMARTS) is 1. The molecule has 2 rings (SSSR count). The first-order chi connectivity index (χ1) is 9.24. The van der Waals surface area contributed by atoms with Crippen LogP contribution < -0.4 is 5.73 Å². The molecule has 0 bridgehead atoms. The lowest BCUT2D eigenvalue weighted by Gasteiger charge is -2.42. The van der Waals surface area contributed by atoms with Gasteiger partial charge in [-0.25, -0.2) is 0 Å². The first-order valence-corrected chi connectivity index (χ1v) is 7.55. The topological polar surface area (TPSA) is 83.6 Å². The highest BCUT2D eigenvalue weighted by atomic mass is 16.4. The van der Waals surface area contributed by atoms with Gasteiger partial charge >= 0.3 is 5.97 Å². The van der Waals surface area contributed by atoms with Crippen LogP contribution in [0, 0.1) is 11.3 Å². The maximum atomic E-state index is 12.3. The van der Waals surface area contributed by atoms with E-state index < -0.39 is 11.4 Å². The summed E-state index contributed by atoms with van der Waals surface area (Å²) in [6.45, 7) is 4.80. The molecule has 0 radical (unpaired) electrons. The molecule has 1 heterocycles. The van der Waals surface area contributed by atoms with Gasteiger partial charge in [0.05, 0.1) is 5.41 Å². The highest BCUT2D eigenvalue weighted by Crippen LogP contribution is 2.36. The molecule has 1 saturated heterocycles. The SMILES string of the molecule is CC(C)(C(=O)O)C1CCCN(C(=O)CC2(N)CCC2)C1. The lowest BCUT2D eigenvalue weighted by atomic mass is 9.73. The summed E-state index contributed by atoms with van der Waals surface area (Å²) in [5, 5.41) is 9.33. The maximum absolute atomic E-state index is 12.3. The highest BCUT2D eigenvalue weighted by molar-refractivity contribution is 5.78. The summed E-state index contributed by atoms with van der Waals surface area (Å²) < 4.78 is 0. The Morgan fingerprint density at radius 2 is 2.00 bits per heavy atom. The van der Waals surface area contributed by atoms with E-state index in [2.05, 4.69) is 0 Å². The van der Waals surface area contributed by atoms with Gasteiger partial charge in [0.15, 0.2) is 0 Å². The maximum Gasteiger partial charge on any atom is 0.309 e. The van der Waals surface area contributed by atoms with Gasteiger partial charge in [0.2, 0.25) is 5.91 Å². The standard InChI is InChI=1S/C15H26N2O3/c1-14(2,13(19)20)11-5-3-8-17(10-11)12(18)9-15(16)6-4-7-15/h11H,3-10,16H2,1-2H3,(H,19,20). The summed E-state index contributed by atoms with van der Waals surface area (Å²) in [4.78, 5) is 25.5. The van der Waals surface area contributed by atoms with E-state index in [1.54, 1.807) is 13.8 Å². The average Bonchev–Trinajstić information content (AvgIpc) is 2.36. The third kappa shape index (κ3) is 2.97. The molecule has 2 aliphatic rings. The predicted octanol–water partition coefficient (Wildman–Crippen LogP) is 1.61. The van der Waals surface area contributed by atoms with E-state index >= 15 is 0 Å². The summed E-state index contributed by atoms with van der Waals surface area (Å²) >= 11 is 0. The molecule has 20 heavy (non-hydrogen) atoms. The van der Waals surface area contributed by atoms with E-state index in [1.807, 2.05) is 4.90 Å². The molecule has 1 saturated carbocycles. The Hall–Kier alpha value is -1.10. The van der Waals surface area contributed by atoms with Crippen molar-refractivity contribution in [2.24, 2.45) is 17.1 Å². The molecule has 0 aromatic carbocycles. The van der Waals surface area contributed by atoms with Crippen molar-refractivity contribution in [1.82, 2.24) is 4.90 Å². The minimum atomic E-state index is -0.786. The van der Waals surface area contributed by atoms with Gasteiger partial charge in [-0.15, -0.1) is 0 Å². The monoisotopic (exact) mass is 282 g/mol. The lowest BCUT2D eigenvalue weighted by Crippen LogP contribution is -2.53. The molecule has 1 unspecified atom stereocenters. The van der Waals surface area contributed by atoms with Crippen LogP contribution in [-0.4, -0.2) is 40.5 Å². The Morgan fingerprint density at radius 3 is 2.50 bits per heavy atom. The number of hydrogen-bond donors (Lipinski definition) is 2. The van der Waals surface area contributed by atoms with Gasteiger partial charge in [-0.3, -0.25) is 9.59 Å². The minimum Gasteiger partial charge on any atom is -0.481 e. The number of carboxylic acids is 1. The number of piperidine rings is 1. The molecule has 0 aromatic rings. The fourth-order valence-corrected chi connectivity index (χ4v) is 3.19. The third-order valence-corrected chi connectivity index (χ3v) is 5.20. The van der Waals surface area contributed by atoms with Crippen molar-refractivity contribution in [2.75, 3.05) is 13.1 Å².